The normalized spacial score (nSPS) is 18.6. The van der Waals surface area contributed by atoms with Gasteiger partial charge in [0.25, 0.3) is 0 Å². The average molecular weight is 377 g/mol. The molecule has 1 fully saturated rings. The van der Waals surface area contributed by atoms with Gasteiger partial charge < -0.3 is 15.2 Å². The summed E-state index contributed by atoms with van der Waals surface area (Å²) in [5.41, 5.74) is 2.35. The number of rotatable bonds is 3. The molecule has 5 rings (SSSR count). The van der Waals surface area contributed by atoms with E-state index in [2.05, 4.69) is 25.4 Å². The highest BCUT2D eigenvalue weighted by atomic mass is 16.5. The number of nitrogens with zero attached hydrogens (tertiary/aromatic N) is 3. The third-order valence-corrected chi connectivity index (χ3v) is 5.14. The van der Waals surface area contributed by atoms with Crippen LogP contribution in [-0.4, -0.2) is 57.2 Å². The van der Waals surface area contributed by atoms with Crippen molar-refractivity contribution in [2.75, 3.05) is 26.2 Å². The molecule has 1 saturated heterocycles. The summed E-state index contributed by atoms with van der Waals surface area (Å²) in [6.07, 6.45) is 3.30. The Hall–Kier alpha value is -3.23. The van der Waals surface area contributed by atoms with Crippen molar-refractivity contribution in [3.05, 3.63) is 53.0 Å². The number of allylic oxidation sites excluding steroid dienone is 1. The second-order valence-electron chi connectivity index (χ2n) is 6.91. The highest BCUT2D eigenvalue weighted by Crippen LogP contribution is 2.40. The van der Waals surface area contributed by atoms with Crippen LogP contribution in [0.25, 0.3) is 17.1 Å². The molecular formula is C20H19N5O3. The SMILES string of the molecule is O=C1C(=Cc2n[nH]c3ncccc23)Oc2c1ccc(O)c2CN1CCNCC1. The van der Waals surface area contributed by atoms with E-state index in [9.17, 15) is 9.90 Å². The molecule has 3 aromatic rings. The second kappa shape index (κ2) is 6.74. The van der Waals surface area contributed by atoms with Crippen LogP contribution in [0.5, 0.6) is 11.5 Å². The smallest absolute Gasteiger partial charge is 0.232 e. The number of fused-ring (bicyclic) bond motifs is 2. The fourth-order valence-electron chi connectivity index (χ4n) is 3.65. The summed E-state index contributed by atoms with van der Waals surface area (Å²) in [6, 6.07) is 6.87. The lowest BCUT2D eigenvalue weighted by Crippen LogP contribution is -2.42. The van der Waals surface area contributed by atoms with Crippen LogP contribution >= 0.6 is 0 Å². The molecular weight excluding hydrogens is 358 g/mol. The van der Waals surface area contributed by atoms with Crippen LogP contribution in [0.4, 0.5) is 0 Å². The second-order valence-corrected chi connectivity index (χ2v) is 6.91. The number of benzene rings is 1. The van der Waals surface area contributed by atoms with Gasteiger partial charge >= 0.3 is 0 Å². The van der Waals surface area contributed by atoms with E-state index in [-0.39, 0.29) is 17.3 Å². The standard InChI is InChI=1S/C20H19N5O3/c26-16-4-3-13-18(27)17(10-15-12-2-1-5-22-20(12)24-23-15)28-19(13)14(16)11-25-8-6-21-7-9-25/h1-5,10,21,26H,6-9,11H2,(H,22,23,24). The number of phenols is 1. The minimum absolute atomic E-state index is 0.140. The van der Waals surface area contributed by atoms with Crippen LogP contribution in [0.2, 0.25) is 0 Å². The number of ether oxygens (including phenoxy) is 1. The zero-order valence-electron chi connectivity index (χ0n) is 15.1. The number of phenolic OH excluding ortho intramolecular Hbond substituents is 1. The van der Waals surface area contributed by atoms with Crippen LogP contribution in [0, 0.1) is 0 Å². The van der Waals surface area contributed by atoms with Gasteiger partial charge in [0.05, 0.1) is 16.8 Å². The first-order chi connectivity index (χ1) is 13.7. The van der Waals surface area contributed by atoms with E-state index >= 15 is 0 Å². The maximum atomic E-state index is 12.9. The number of Topliss-reactive ketones (excluding diaryl/α,β-unsaturated/α-hetero) is 1. The molecule has 8 nitrogen and oxygen atoms in total. The van der Waals surface area contributed by atoms with Crippen molar-refractivity contribution in [1.29, 1.82) is 0 Å². The van der Waals surface area contributed by atoms with Gasteiger partial charge in [-0.05, 0) is 24.3 Å². The summed E-state index contributed by atoms with van der Waals surface area (Å²) in [7, 11) is 0. The molecule has 0 saturated carbocycles. The first-order valence-electron chi connectivity index (χ1n) is 9.22. The zero-order chi connectivity index (χ0) is 19.1. The van der Waals surface area contributed by atoms with Crippen molar-refractivity contribution in [3.8, 4) is 11.5 Å². The van der Waals surface area contributed by atoms with Crippen LogP contribution in [0.1, 0.15) is 21.6 Å². The van der Waals surface area contributed by atoms with Gasteiger partial charge in [0, 0.05) is 50.4 Å². The fraction of sp³-hybridized carbons (Fsp3) is 0.250. The van der Waals surface area contributed by atoms with Crippen LogP contribution in [0.15, 0.2) is 36.2 Å². The summed E-state index contributed by atoms with van der Waals surface area (Å²) in [5.74, 6) is 0.560. The Morgan fingerprint density at radius 1 is 1.25 bits per heavy atom. The number of aromatic hydroxyl groups is 1. The monoisotopic (exact) mass is 377 g/mol. The lowest BCUT2D eigenvalue weighted by molar-refractivity contribution is 0.101. The Morgan fingerprint density at radius 2 is 2.11 bits per heavy atom. The Bertz CT molecular complexity index is 1100. The van der Waals surface area contributed by atoms with Crippen molar-refractivity contribution in [1.82, 2.24) is 25.4 Å². The van der Waals surface area contributed by atoms with Crippen molar-refractivity contribution in [2.45, 2.75) is 6.54 Å². The molecule has 8 heteroatoms. The molecule has 0 amide bonds. The van der Waals surface area contributed by atoms with Gasteiger partial charge in [0.1, 0.15) is 11.5 Å². The number of hydrogen-bond donors (Lipinski definition) is 3. The maximum absolute atomic E-state index is 12.9. The van der Waals surface area contributed by atoms with Gasteiger partial charge in [-0.2, -0.15) is 5.10 Å². The molecule has 1 aromatic carbocycles. The van der Waals surface area contributed by atoms with E-state index < -0.39 is 0 Å². The third-order valence-electron chi connectivity index (χ3n) is 5.14. The van der Waals surface area contributed by atoms with E-state index in [0.717, 1.165) is 31.6 Å². The van der Waals surface area contributed by atoms with Crippen molar-refractivity contribution < 1.29 is 14.6 Å². The van der Waals surface area contributed by atoms with Gasteiger partial charge in [-0.3, -0.25) is 14.8 Å². The van der Waals surface area contributed by atoms with Crippen molar-refractivity contribution in [3.63, 3.8) is 0 Å². The molecule has 2 aromatic heterocycles. The predicted octanol–water partition coefficient (Wildman–Crippen LogP) is 1.68. The predicted molar refractivity (Wildman–Crippen MR) is 103 cm³/mol. The molecule has 0 aliphatic carbocycles. The molecule has 0 bridgehead atoms. The number of ketones is 1. The Morgan fingerprint density at radius 3 is 2.96 bits per heavy atom. The molecule has 0 radical (unpaired) electrons. The van der Waals surface area contributed by atoms with E-state index in [0.29, 0.717) is 34.8 Å². The first-order valence-corrected chi connectivity index (χ1v) is 9.22. The van der Waals surface area contributed by atoms with Gasteiger partial charge in [-0.25, -0.2) is 4.98 Å². The number of aromatic amines is 1. The minimum Gasteiger partial charge on any atom is -0.507 e. The molecule has 4 heterocycles. The lowest BCUT2D eigenvalue weighted by atomic mass is 10.0. The van der Waals surface area contributed by atoms with Crippen LogP contribution in [-0.2, 0) is 6.54 Å². The number of pyridine rings is 1. The summed E-state index contributed by atoms with van der Waals surface area (Å²) in [4.78, 5) is 19.3. The topological polar surface area (TPSA) is 103 Å². The zero-order valence-corrected chi connectivity index (χ0v) is 15.1. The van der Waals surface area contributed by atoms with Gasteiger partial charge in [0.2, 0.25) is 5.78 Å². The minimum atomic E-state index is -0.211. The van der Waals surface area contributed by atoms with E-state index in [1.165, 1.54) is 0 Å². The van der Waals surface area contributed by atoms with Crippen LogP contribution < -0.4 is 10.1 Å². The number of aromatic nitrogens is 3. The highest BCUT2D eigenvalue weighted by Gasteiger charge is 2.32. The number of nitrogens with one attached hydrogen (secondary N) is 2. The van der Waals surface area contributed by atoms with Gasteiger partial charge in [-0.1, -0.05) is 0 Å². The van der Waals surface area contributed by atoms with E-state index in [4.69, 9.17) is 4.74 Å². The van der Waals surface area contributed by atoms with Crippen molar-refractivity contribution in [2.24, 2.45) is 0 Å². The van der Waals surface area contributed by atoms with Gasteiger partial charge in [0.15, 0.2) is 11.4 Å². The molecule has 0 atom stereocenters. The largest absolute Gasteiger partial charge is 0.507 e. The molecule has 3 N–H and O–H groups in total. The highest BCUT2D eigenvalue weighted by molar-refractivity contribution is 6.15. The fourth-order valence-corrected chi connectivity index (χ4v) is 3.65. The number of carbonyl (C=O) groups is 1. The summed E-state index contributed by atoms with van der Waals surface area (Å²) in [6.45, 7) is 4.10. The first kappa shape index (κ1) is 16.9. The molecule has 2 aliphatic heterocycles. The lowest BCUT2D eigenvalue weighted by Gasteiger charge is -2.27. The Kier molecular flexibility index (Phi) is 4.07. The molecule has 0 spiro atoms. The Balaban J connectivity index is 1.50. The third kappa shape index (κ3) is 2.83. The summed E-state index contributed by atoms with van der Waals surface area (Å²) in [5, 5.41) is 21.6. The molecule has 28 heavy (non-hydrogen) atoms. The average Bonchev–Trinajstić information content (AvgIpc) is 3.27. The number of H-pyrrole nitrogens is 1. The van der Waals surface area contributed by atoms with Crippen molar-refractivity contribution >= 4 is 22.9 Å². The van der Waals surface area contributed by atoms with E-state index in [1.54, 1.807) is 24.4 Å². The summed E-state index contributed by atoms with van der Waals surface area (Å²) < 4.78 is 5.93. The number of hydrogen-bond acceptors (Lipinski definition) is 7. The Labute approximate surface area is 160 Å². The molecule has 2 aliphatic rings. The number of piperazine rings is 1. The number of carbonyl (C=O) groups excluding carboxylic acids is 1. The van der Waals surface area contributed by atoms with Gasteiger partial charge in [-0.15, -0.1) is 0 Å². The quantitative estimate of drug-likeness (QED) is 0.597. The summed E-state index contributed by atoms with van der Waals surface area (Å²) >= 11 is 0. The van der Waals surface area contributed by atoms with E-state index in [1.807, 2.05) is 12.1 Å². The van der Waals surface area contributed by atoms with Crippen LogP contribution in [0.3, 0.4) is 0 Å². The maximum Gasteiger partial charge on any atom is 0.232 e. The molecule has 0 unspecified atom stereocenters. The molecule has 142 valence electrons.